The molecule has 4 nitrogen and oxygen atoms in total. The molecule has 1 aromatic rings. The Morgan fingerprint density at radius 2 is 2.11 bits per heavy atom. The van der Waals surface area contributed by atoms with Crippen LogP contribution in [0.1, 0.15) is 18.4 Å². The maximum absolute atomic E-state index is 13.1. The molecule has 0 unspecified atom stereocenters. The highest BCUT2D eigenvalue weighted by Gasteiger charge is 2.37. The molecule has 2 rings (SSSR count). The molecule has 0 bridgehead atoms. The fourth-order valence-corrected chi connectivity index (χ4v) is 1.96. The van der Waals surface area contributed by atoms with E-state index in [0.717, 1.165) is 10.5 Å². The predicted octanol–water partition coefficient (Wildman–Crippen LogP) is 2.56. The lowest BCUT2D eigenvalue weighted by molar-refractivity contribution is -0.0654. The number of nitrogens with zero attached hydrogens (tertiary/aromatic N) is 1. The van der Waals surface area contributed by atoms with Gasteiger partial charge in [0.05, 0.1) is 13.1 Å². The molecule has 104 valence electrons. The predicted molar refractivity (Wildman–Crippen MR) is 65.5 cm³/mol. The fourth-order valence-electron chi connectivity index (χ4n) is 1.96. The zero-order valence-corrected chi connectivity index (χ0v) is 10.4. The van der Waals surface area contributed by atoms with E-state index in [1.807, 2.05) is 30.3 Å². The van der Waals surface area contributed by atoms with Crippen molar-refractivity contribution in [1.29, 1.82) is 0 Å². The Labute approximate surface area is 110 Å². The number of amides is 1. The van der Waals surface area contributed by atoms with Crippen LogP contribution >= 0.6 is 0 Å². The topological polar surface area (TPSA) is 41.6 Å². The van der Waals surface area contributed by atoms with Gasteiger partial charge in [-0.25, -0.2) is 13.6 Å². The molecule has 1 fully saturated rings. The van der Waals surface area contributed by atoms with Crippen molar-refractivity contribution in [2.45, 2.75) is 25.3 Å². The first kappa shape index (κ1) is 13.7. The highest BCUT2D eigenvalue weighted by atomic mass is 19.3. The smallest absolute Gasteiger partial charge is 0.353 e. The molecule has 1 aliphatic heterocycles. The Balaban J connectivity index is 1.75. The number of alkyl halides is 2. The third-order valence-corrected chi connectivity index (χ3v) is 2.93. The number of hydrogen-bond acceptors (Lipinski definition) is 3. The second-order valence-electron chi connectivity index (χ2n) is 4.56. The van der Waals surface area contributed by atoms with Gasteiger partial charge in [-0.15, -0.1) is 5.48 Å². The zero-order chi connectivity index (χ0) is 13.7. The maximum Gasteiger partial charge on any atom is 0.428 e. The average Bonchev–Trinajstić information content (AvgIpc) is 2.38. The van der Waals surface area contributed by atoms with E-state index in [9.17, 15) is 13.6 Å². The molecule has 1 aliphatic rings. The van der Waals surface area contributed by atoms with Gasteiger partial charge >= 0.3 is 6.09 Å². The fraction of sp³-hybridized carbons (Fsp3) is 0.462. The second kappa shape index (κ2) is 5.97. The summed E-state index contributed by atoms with van der Waals surface area (Å²) in [6.45, 7) is 0.0805. The summed E-state index contributed by atoms with van der Waals surface area (Å²) in [5.41, 5.74) is 3.43. The minimum absolute atomic E-state index is 0.172. The molecule has 1 saturated heterocycles. The molecule has 1 heterocycles. The summed E-state index contributed by atoms with van der Waals surface area (Å²) in [4.78, 5) is 17.4. The van der Waals surface area contributed by atoms with Gasteiger partial charge in [-0.2, -0.15) is 0 Å². The molecule has 0 aliphatic carbocycles. The number of halogens is 2. The highest BCUT2D eigenvalue weighted by Crippen LogP contribution is 2.26. The van der Waals surface area contributed by atoms with Crippen LogP contribution in [0.2, 0.25) is 0 Å². The van der Waals surface area contributed by atoms with Crippen LogP contribution in [-0.2, 0) is 11.4 Å². The van der Waals surface area contributed by atoms with Gasteiger partial charge in [0.25, 0.3) is 5.92 Å². The van der Waals surface area contributed by atoms with Crippen LogP contribution in [-0.4, -0.2) is 30.0 Å². The molecular weight excluding hydrogens is 254 g/mol. The Morgan fingerprint density at radius 1 is 1.37 bits per heavy atom. The van der Waals surface area contributed by atoms with E-state index in [4.69, 9.17) is 4.84 Å². The van der Waals surface area contributed by atoms with Crippen molar-refractivity contribution in [3.05, 3.63) is 35.9 Å². The third kappa shape index (κ3) is 4.17. The highest BCUT2D eigenvalue weighted by molar-refractivity contribution is 5.67. The van der Waals surface area contributed by atoms with E-state index < -0.39 is 18.6 Å². The molecule has 6 heteroatoms. The quantitative estimate of drug-likeness (QED) is 0.858. The molecule has 0 saturated carbocycles. The molecule has 1 aromatic carbocycles. The summed E-state index contributed by atoms with van der Waals surface area (Å²) in [6.07, 6.45) is -0.634. The van der Waals surface area contributed by atoms with Crippen LogP contribution in [0.4, 0.5) is 13.6 Å². The molecule has 1 N–H and O–H groups in total. The Morgan fingerprint density at radius 3 is 2.79 bits per heavy atom. The van der Waals surface area contributed by atoms with Crippen molar-refractivity contribution in [2.75, 3.05) is 13.1 Å². The van der Waals surface area contributed by atoms with Gasteiger partial charge in [-0.1, -0.05) is 30.3 Å². The van der Waals surface area contributed by atoms with Crippen LogP contribution in [0.5, 0.6) is 0 Å². The maximum atomic E-state index is 13.1. The second-order valence-corrected chi connectivity index (χ2v) is 4.56. The number of hydrogen-bond donors (Lipinski definition) is 1. The van der Waals surface area contributed by atoms with Crippen molar-refractivity contribution in [3.63, 3.8) is 0 Å². The first-order valence-corrected chi connectivity index (χ1v) is 6.17. The van der Waals surface area contributed by atoms with Crippen molar-refractivity contribution in [2.24, 2.45) is 0 Å². The lowest BCUT2D eigenvalue weighted by atomic mass is 10.1. The largest absolute Gasteiger partial charge is 0.428 e. The Hall–Kier alpha value is -1.69. The summed E-state index contributed by atoms with van der Waals surface area (Å²) in [5, 5.41) is 0. The summed E-state index contributed by atoms with van der Waals surface area (Å²) in [5.74, 6) is -2.81. The lowest BCUT2D eigenvalue weighted by Crippen LogP contribution is -2.47. The molecular formula is C13H16F2N2O2. The van der Waals surface area contributed by atoms with Crippen molar-refractivity contribution in [1.82, 2.24) is 10.4 Å². The standard InChI is InChI=1S/C13H16F2N2O2/c14-13(15)7-4-8-17(10-13)12(18)19-16-9-11-5-2-1-3-6-11/h1-3,5-6,16H,4,7-10H2. The zero-order valence-electron chi connectivity index (χ0n) is 10.4. The molecule has 19 heavy (non-hydrogen) atoms. The summed E-state index contributed by atoms with van der Waals surface area (Å²) < 4.78 is 26.3. The SMILES string of the molecule is O=C(ONCc1ccccc1)N1CCCC(F)(F)C1. The number of likely N-dealkylation sites (tertiary alicyclic amines) is 1. The molecule has 0 spiro atoms. The van der Waals surface area contributed by atoms with Crippen LogP contribution in [0.25, 0.3) is 0 Å². The lowest BCUT2D eigenvalue weighted by Gasteiger charge is -2.31. The van der Waals surface area contributed by atoms with Gasteiger partial charge in [0.1, 0.15) is 0 Å². The minimum Gasteiger partial charge on any atom is -0.353 e. The number of carbonyl (C=O) groups is 1. The normalized spacial score (nSPS) is 18.1. The third-order valence-electron chi connectivity index (χ3n) is 2.93. The number of carbonyl (C=O) groups excluding carboxylic acids is 1. The van der Waals surface area contributed by atoms with E-state index in [0.29, 0.717) is 19.5 Å². The summed E-state index contributed by atoms with van der Waals surface area (Å²) in [6, 6.07) is 9.35. The van der Waals surface area contributed by atoms with Crippen molar-refractivity contribution >= 4 is 6.09 Å². The first-order chi connectivity index (χ1) is 9.07. The molecule has 1 amide bonds. The number of rotatable bonds is 3. The van der Waals surface area contributed by atoms with Crippen LogP contribution in [0, 0.1) is 0 Å². The van der Waals surface area contributed by atoms with E-state index in [1.165, 1.54) is 0 Å². The van der Waals surface area contributed by atoms with Crippen LogP contribution < -0.4 is 5.48 Å². The van der Waals surface area contributed by atoms with Crippen molar-refractivity contribution in [3.8, 4) is 0 Å². The van der Waals surface area contributed by atoms with E-state index in [-0.39, 0.29) is 6.42 Å². The van der Waals surface area contributed by atoms with Gasteiger partial charge in [-0.05, 0) is 12.0 Å². The molecule has 0 aromatic heterocycles. The number of nitrogens with one attached hydrogen (secondary N) is 1. The van der Waals surface area contributed by atoms with Gasteiger partial charge in [-0.3, -0.25) is 0 Å². The Bertz CT molecular complexity index is 426. The van der Waals surface area contributed by atoms with Gasteiger partial charge in [0, 0.05) is 13.0 Å². The first-order valence-electron chi connectivity index (χ1n) is 6.17. The van der Waals surface area contributed by atoms with Gasteiger partial charge in [0.2, 0.25) is 0 Å². The average molecular weight is 270 g/mol. The minimum atomic E-state index is -2.81. The number of piperidine rings is 1. The summed E-state index contributed by atoms with van der Waals surface area (Å²) >= 11 is 0. The van der Waals surface area contributed by atoms with Crippen LogP contribution in [0.15, 0.2) is 30.3 Å². The van der Waals surface area contributed by atoms with Gasteiger partial charge in [0.15, 0.2) is 0 Å². The van der Waals surface area contributed by atoms with E-state index >= 15 is 0 Å². The summed E-state index contributed by atoms with van der Waals surface area (Å²) in [7, 11) is 0. The molecule has 0 radical (unpaired) electrons. The van der Waals surface area contributed by atoms with E-state index in [2.05, 4.69) is 5.48 Å². The van der Waals surface area contributed by atoms with Crippen LogP contribution in [0.3, 0.4) is 0 Å². The van der Waals surface area contributed by atoms with E-state index in [1.54, 1.807) is 0 Å². The number of hydroxylamine groups is 1. The monoisotopic (exact) mass is 270 g/mol. The Kier molecular flexibility index (Phi) is 4.31. The van der Waals surface area contributed by atoms with Gasteiger partial charge < -0.3 is 9.74 Å². The van der Waals surface area contributed by atoms with Crippen molar-refractivity contribution < 1.29 is 18.4 Å². The number of benzene rings is 1. The molecule has 0 atom stereocenters.